The Morgan fingerprint density at radius 3 is 2.50 bits per heavy atom. The van der Waals surface area contributed by atoms with E-state index in [1.807, 2.05) is 85.8 Å². The largest absolute Gasteiger partial charge is 0.497 e. The molecule has 32 heavy (non-hydrogen) atoms. The highest BCUT2D eigenvalue weighted by Crippen LogP contribution is 2.42. The number of rotatable bonds is 3. The minimum atomic E-state index is -0.248. The summed E-state index contributed by atoms with van der Waals surface area (Å²) < 4.78 is 11.9. The van der Waals surface area contributed by atoms with Crippen LogP contribution in [0.25, 0.3) is 38.6 Å². The lowest BCUT2D eigenvalue weighted by atomic mass is 9.94. The maximum Gasteiger partial charge on any atom is 0.279 e. The van der Waals surface area contributed by atoms with E-state index < -0.39 is 0 Å². The fourth-order valence-corrected chi connectivity index (χ4v) is 4.47. The van der Waals surface area contributed by atoms with Crippen LogP contribution < -0.4 is 15.3 Å². The van der Waals surface area contributed by atoms with Crippen molar-refractivity contribution in [2.24, 2.45) is 4.99 Å². The van der Waals surface area contributed by atoms with E-state index in [-0.39, 0.29) is 5.91 Å². The topological polar surface area (TPSA) is 51.8 Å². The Morgan fingerprint density at radius 1 is 0.906 bits per heavy atom. The lowest BCUT2D eigenvalue weighted by molar-refractivity contribution is -0.112. The average Bonchev–Trinajstić information content (AvgIpc) is 3.35. The number of ether oxygens (including phenoxy) is 1. The molecule has 0 spiro atoms. The van der Waals surface area contributed by atoms with Crippen molar-refractivity contribution in [3.8, 4) is 17.1 Å². The molecular weight excluding hydrogens is 398 g/mol. The molecule has 5 aromatic rings. The van der Waals surface area contributed by atoms with Crippen molar-refractivity contribution in [2.75, 3.05) is 7.11 Å². The van der Waals surface area contributed by atoms with Gasteiger partial charge in [0, 0.05) is 21.7 Å². The summed E-state index contributed by atoms with van der Waals surface area (Å²) in [6, 6.07) is 25.8. The standard InChI is InChI=1S/C28H19NO3/c1-16-7-9-18(10-8-16)27-26(25-20-5-3-4-6-22(20)29-28(25)30)24-21-15-19(31-2)13-11-17(21)12-14-23(24)32-27/h3-15H,1-2H3. The first kappa shape index (κ1) is 18.6. The number of carbonyl (C=O) groups is 1. The van der Waals surface area contributed by atoms with Crippen LogP contribution in [0, 0.1) is 6.92 Å². The second kappa shape index (κ2) is 6.92. The predicted octanol–water partition coefficient (Wildman–Crippen LogP) is 4.93. The number of methoxy groups -OCH3 is 1. The summed E-state index contributed by atoms with van der Waals surface area (Å²) in [5, 5.41) is 4.44. The maximum absolute atomic E-state index is 13.2. The van der Waals surface area contributed by atoms with Gasteiger partial charge in [0.15, 0.2) is 0 Å². The van der Waals surface area contributed by atoms with Crippen LogP contribution in [-0.2, 0) is 4.79 Å². The third kappa shape index (κ3) is 2.70. The molecule has 4 nitrogen and oxygen atoms in total. The van der Waals surface area contributed by atoms with Crippen molar-refractivity contribution in [1.82, 2.24) is 0 Å². The molecular formula is C28H19NO3. The number of aryl methyl sites for hydroxylation is 1. The van der Waals surface area contributed by atoms with Crippen LogP contribution in [0.1, 0.15) is 11.1 Å². The van der Waals surface area contributed by atoms with Gasteiger partial charge in [0.2, 0.25) is 0 Å². The van der Waals surface area contributed by atoms with Gasteiger partial charge in [-0.3, -0.25) is 4.79 Å². The van der Waals surface area contributed by atoms with Crippen LogP contribution in [0.15, 0.2) is 88.3 Å². The van der Waals surface area contributed by atoms with Crippen LogP contribution in [0.3, 0.4) is 0 Å². The van der Waals surface area contributed by atoms with Crippen molar-refractivity contribution in [3.05, 3.63) is 101 Å². The second-order valence-corrected chi connectivity index (χ2v) is 8.01. The lowest BCUT2D eigenvalue weighted by Crippen LogP contribution is -2.22. The number of hydrogen-bond donors (Lipinski definition) is 0. The van der Waals surface area contributed by atoms with Crippen molar-refractivity contribution in [1.29, 1.82) is 0 Å². The molecule has 4 aromatic carbocycles. The van der Waals surface area contributed by atoms with Crippen LogP contribution in [0.4, 0.5) is 0 Å². The molecule has 1 aromatic heterocycles. The Morgan fingerprint density at radius 2 is 1.69 bits per heavy atom. The molecule has 2 heterocycles. The molecule has 0 unspecified atom stereocenters. The van der Waals surface area contributed by atoms with Gasteiger partial charge < -0.3 is 9.15 Å². The predicted molar refractivity (Wildman–Crippen MR) is 125 cm³/mol. The van der Waals surface area contributed by atoms with Crippen LogP contribution in [0.2, 0.25) is 0 Å². The van der Waals surface area contributed by atoms with E-state index in [4.69, 9.17) is 9.15 Å². The van der Waals surface area contributed by atoms with Crippen molar-refractivity contribution in [2.45, 2.75) is 6.92 Å². The van der Waals surface area contributed by atoms with E-state index in [9.17, 15) is 4.79 Å². The first-order valence-electron chi connectivity index (χ1n) is 10.5. The molecule has 6 rings (SSSR count). The molecule has 0 atom stereocenters. The fourth-order valence-electron chi connectivity index (χ4n) is 4.47. The monoisotopic (exact) mass is 417 g/mol. The lowest BCUT2D eigenvalue weighted by Gasteiger charge is -2.07. The number of fused-ring (bicyclic) bond motifs is 4. The molecule has 1 aliphatic heterocycles. The summed E-state index contributed by atoms with van der Waals surface area (Å²) in [5.74, 6) is 1.18. The molecule has 1 aliphatic rings. The van der Waals surface area contributed by atoms with Gasteiger partial charge in [-0.1, -0.05) is 60.2 Å². The van der Waals surface area contributed by atoms with Crippen molar-refractivity contribution in [3.63, 3.8) is 0 Å². The summed E-state index contributed by atoms with van der Waals surface area (Å²) in [5.41, 5.74) is 4.15. The smallest absolute Gasteiger partial charge is 0.279 e. The van der Waals surface area contributed by atoms with Gasteiger partial charge in [0.05, 0.1) is 18.0 Å². The van der Waals surface area contributed by atoms with Crippen molar-refractivity contribution >= 4 is 33.2 Å². The van der Waals surface area contributed by atoms with E-state index in [1.165, 1.54) is 0 Å². The number of carbonyl (C=O) groups excluding carboxylic acids is 1. The molecule has 0 radical (unpaired) electrons. The van der Waals surface area contributed by atoms with Gasteiger partial charge in [-0.25, -0.2) is 4.99 Å². The van der Waals surface area contributed by atoms with E-state index in [0.29, 0.717) is 16.7 Å². The highest BCUT2D eigenvalue weighted by Gasteiger charge is 2.28. The Labute approximate surface area is 184 Å². The summed E-state index contributed by atoms with van der Waals surface area (Å²) in [6.07, 6.45) is 0. The van der Waals surface area contributed by atoms with Gasteiger partial charge in [0.25, 0.3) is 5.91 Å². The Bertz CT molecular complexity index is 1670. The van der Waals surface area contributed by atoms with Crippen LogP contribution in [0.5, 0.6) is 5.75 Å². The number of para-hydroxylation sites is 1. The molecule has 0 N–H and O–H groups in total. The van der Waals surface area contributed by atoms with Gasteiger partial charge in [-0.15, -0.1) is 0 Å². The number of amides is 1. The fraction of sp³-hybridized carbons (Fsp3) is 0.0714. The third-order valence-electron chi connectivity index (χ3n) is 6.05. The first-order valence-corrected chi connectivity index (χ1v) is 10.5. The van der Waals surface area contributed by atoms with Crippen molar-refractivity contribution < 1.29 is 13.9 Å². The third-order valence-corrected chi connectivity index (χ3v) is 6.05. The molecule has 0 bridgehead atoms. The quantitative estimate of drug-likeness (QED) is 0.418. The Balaban J connectivity index is 1.82. The maximum atomic E-state index is 13.2. The molecule has 0 saturated carbocycles. The van der Waals surface area contributed by atoms with E-state index in [1.54, 1.807) is 7.11 Å². The number of furan rings is 1. The highest BCUT2D eigenvalue weighted by molar-refractivity contribution is 6.28. The molecule has 154 valence electrons. The molecule has 0 saturated heterocycles. The Kier molecular flexibility index (Phi) is 4.02. The first-order chi connectivity index (χ1) is 15.6. The zero-order valence-electron chi connectivity index (χ0n) is 17.7. The zero-order chi connectivity index (χ0) is 21.8. The molecule has 1 amide bonds. The summed E-state index contributed by atoms with van der Waals surface area (Å²) in [4.78, 5) is 17.5. The van der Waals surface area contributed by atoms with Crippen LogP contribution >= 0.6 is 0 Å². The SMILES string of the molecule is COc1ccc2ccc3oc(-c4ccc(C)cc4)c(C4=c5ccccc5=NC4=O)c3c2c1. The summed E-state index contributed by atoms with van der Waals surface area (Å²) in [6.45, 7) is 2.05. The van der Waals surface area contributed by atoms with Gasteiger partial charge >= 0.3 is 0 Å². The van der Waals surface area contributed by atoms with E-state index in [2.05, 4.69) is 4.99 Å². The number of hydrogen-bond acceptors (Lipinski definition) is 3. The second-order valence-electron chi connectivity index (χ2n) is 8.01. The Hall–Kier alpha value is -4.18. The molecule has 0 fully saturated rings. The minimum absolute atomic E-state index is 0.248. The summed E-state index contributed by atoms with van der Waals surface area (Å²) >= 11 is 0. The number of benzene rings is 4. The number of nitrogens with zero attached hydrogens (tertiary/aromatic N) is 1. The molecule has 4 heteroatoms. The van der Waals surface area contributed by atoms with Gasteiger partial charge in [-0.05, 0) is 42.0 Å². The average molecular weight is 417 g/mol. The normalized spacial score (nSPS) is 12.9. The van der Waals surface area contributed by atoms with Gasteiger partial charge in [-0.2, -0.15) is 0 Å². The highest BCUT2D eigenvalue weighted by atomic mass is 16.5. The van der Waals surface area contributed by atoms with Gasteiger partial charge in [0.1, 0.15) is 17.1 Å². The minimum Gasteiger partial charge on any atom is -0.497 e. The van der Waals surface area contributed by atoms with Crippen LogP contribution in [-0.4, -0.2) is 13.0 Å². The van der Waals surface area contributed by atoms with E-state index in [0.717, 1.165) is 49.4 Å². The zero-order valence-corrected chi connectivity index (χ0v) is 17.7. The molecule has 0 aliphatic carbocycles. The summed E-state index contributed by atoms with van der Waals surface area (Å²) in [7, 11) is 1.65. The van der Waals surface area contributed by atoms with E-state index >= 15 is 0 Å².